The van der Waals surface area contributed by atoms with E-state index in [4.69, 9.17) is 5.11 Å². The Kier molecular flexibility index (Phi) is 6.28. The number of aliphatic imine (C=N–C) groups is 1. The zero-order valence-electron chi connectivity index (χ0n) is 19.4. The highest BCUT2D eigenvalue weighted by Gasteiger charge is 2.31. The van der Waals surface area contributed by atoms with Gasteiger partial charge >= 0.3 is 0 Å². The normalized spacial score (nSPS) is 15.3. The van der Waals surface area contributed by atoms with Crippen LogP contribution >= 0.6 is 0 Å². The third kappa shape index (κ3) is 4.51. The van der Waals surface area contributed by atoms with Crippen molar-refractivity contribution in [2.45, 2.75) is 33.1 Å². The molecule has 33 heavy (non-hydrogen) atoms. The second kappa shape index (κ2) is 9.14. The van der Waals surface area contributed by atoms with Crippen LogP contribution in [0.5, 0.6) is 0 Å². The summed E-state index contributed by atoms with van der Waals surface area (Å²) in [4.78, 5) is 36.5. The molecule has 0 aromatic carbocycles. The monoisotopic (exact) mass is 451 g/mol. The molecule has 0 saturated carbocycles. The van der Waals surface area contributed by atoms with Gasteiger partial charge in [-0.1, -0.05) is 6.92 Å². The van der Waals surface area contributed by atoms with Crippen molar-refractivity contribution in [3.63, 3.8) is 0 Å². The third-order valence-electron chi connectivity index (χ3n) is 5.89. The zero-order chi connectivity index (χ0) is 23.7. The van der Waals surface area contributed by atoms with Crippen LogP contribution < -0.4 is 10.5 Å². The minimum absolute atomic E-state index is 0.161. The van der Waals surface area contributed by atoms with Crippen molar-refractivity contribution < 1.29 is 9.90 Å². The van der Waals surface area contributed by atoms with Crippen molar-refractivity contribution in [3.05, 3.63) is 51.7 Å². The Labute approximate surface area is 191 Å². The quantitative estimate of drug-likeness (QED) is 0.565. The van der Waals surface area contributed by atoms with Crippen molar-refractivity contribution in [2.24, 2.45) is 25.0 Å². The summed E-state index contributed by atoms with van der Waals surface area (Å²) in [7, 11) is 3.51. The first-order valence-electron chi connectivity index (χ1n) is 11.0. The Bertz CT molecular complexity index is 1270. The Morgan fingerprint density at radius 1 is 1.33 bits per heavy atom. The molecule has 1 aliphatic heterocycles. The van der Waals surface area contributed by atoms with Crippen LogP contribution in [0.3, 0.4) is 0 Å². The van der Waals surface area contributed by atoms with Crippen molar-refractivity contribution in [1.29, 1.82) is 0 Å². The molecule has 0 unspecified atom stereocenters. The van der Waals surface area contributed by atoms with Crippen LogP contribution in [0.15, 0.2) is 34.3 Å². The van der Waals surface area contributed by atoms with Crippen LogP contribution in [-0.2, 0) is 20.5 Å². The van der Waals surface area contributed by atoms with E-state index >= 15 is 0 Å². The van der Waals surface area contributed by atoms with E-state index in [1.54, 1.807) is 37.0 Å². The molecule has 0 bridgehead atoms. The molecule has 4 heterocycles. The van der Waals surface area contributed by atoms with Crippen molar-refractivity contribution in [2.75, 3.05) is 18.1 Å². The van der Waals surface area contributed by atoms with Crippen molar-refractivity contribution >= 4 is 17.6 Å². The summed E-state index contributed by atoms with van der Waals surface area (Å²) >= 11 is 0. The fourth-order valence-electron chi connectivity index (χ4n) is 4.23. The van der Waals surface area contributed by atoms with E-state index in [1.165, 1.54) is 4.68 Å². The van der Waals surface area contributed by atoms with Crippen LogP contribution in [0, 0.1) is 12.8 Å². The first kappa shape index (κ1) is 22.7. The number of amidine groups is 1. The van der Waals surface area contributed by atoms with Gasteiger partial charge in [-0.05, 0) is 37.8 Å². The van der Waals surface area contributed by atoms with Gasteiger partial charge in [0.05, 0.1) is 17.5 Å². The maximum absolute atomic E-state index is 13.2. The molecule has 3 aromatic rings. The van der Waals surface area contributed by atoms with E-state index in [-0.39, 0.29) is 18.1 Å². The number of amides is 1. The SMILES string of the molecule is Cc1cc(C(=O)N=C2Cc3cnn(C)c3N2C[C@H](C)CCCO)cc(-c2c[nH]n(C)c2=O)n1. The Morgan fingerprint density at radius 3 is 2.82 bits per heavy atom. The highest BCUT2D eigenvalue weighted by molar-refractivity contribution is 6.12. The van der Waals surface area contributed by atoms with Gasteiger partial charge in [-0.25, -0.2) is 0 Å². The molecule has 1 amide bonds. The van der Waals surface area contributed by atoms with Gasteiger partial charge in [-0.2, -0.15) is 10.1 Å². The molecule has 10 nitrogen and oxygen atoms in total. The van der Waals surface area contributed by atoms with E-state index in [0.717, 1.165) is 24.2 Å². The molecule has 0 spiro atoms. The van der Waals surface area contributed by atoms with E-state index in [1.807, 2.05) is 13.2 Å². The number of aromatic nitrogens is 5. The van der Waals surface area contributed by atoms with Gasteiger partial charge in [0.25, 0.3) is 11.5 Å². The highest BCUT2D eigenvalue weighted by atomic mass is 16.3. The number of nitrogens with one attached hydrogen (secondary N) is 1. The number of carbonyl (C=O) groups excluding carboxylic acids is 1. The predicted octanol–water partition coefficient (Wildman–Crippen LogP) is 1.83. The summed E-state index contributed by atoms with van der Waals surface area (Å²) in [6.07, 6.45) is 5.53. The van der Waals surface area contributed by atoms with Crippen LogP contribution in [-0.4, -0.2) is 54.5 Å². The molecular formula is C23H29N7O3. The summed E-state index contributed by atoms with van der Waals surface area (Å²) in [6.45, 7) is 4.75. The Morgan fingerprint density at radius 2 is 2.12 bits per heavy atom. The van der Waals surface area contributed by atoms with Gasteiger partial charge in [-0.15, -0.1) is 0 Å². The molecule has 1 aliphatic rings. The second-order valence-corrected chi connectivity index (χ2v) is 8.64. The number of rotatable bonds is 7. The van der Waals surface area contributed by atoms with Gasteiger partial charge in [0, 0.05) is 56.7 Å². The van der Waals surface area contributed by atoms with E-state index < -0.39 is 0 Å². The van der Waals surface area contributed by atoms with E-state index in [9.17, 15) is 9.59 Å². The number of anilines is 1. The molecule has 4 rings (SSSR count). The highest BCUT2D eigenvalue weighted by Crippen LogP contribution is 2.30. The lowest BCUT2D eigenvalue weighted by molar-refractivity contribution is 0.100. The van der Waals surface area contributed by atoms with Crippen LogP contribution in [0.2, 0.25) is 0 Å². The maximum Gasteiger partial charge on any atom is 0.278 e. The lowest BCUT2D eigenvalue weighted by Gasteiger charge is -2.24. The van der Waals surface area contributed by atoms with E-state index in [2.05, 4.69) is 32.0 Å². The van der Waals surface area contributed by atoms with Crippen LogP contribution in [0.1, 0.15) is 41.4 Å². The van der Waals surface area contributed by atoms with Gasteiger partial charge in [0.2, 0.25) is 0 Å². The second-order valence-electron chi connectivity index (χ2n) is 8.64. The Hall–Kier alpha value is -3.53. The number of hydrogen-bond donors (Lipinski definition) is 2. The topological polar surface area (TPSA) is 121 Å². The number of aryl methyl sites for hydroxylation is 3. The number of nitrogens with zero attached hydrogens (tertiary/aromatic N) is 6. The van der Waals surface area contributed by atoms with Crippen molar-refractivity contribution in [1.82, 2.24) is 24.5 Å². The molecule has 2 N–H and O–H groups in total. The predicted molar refractivity (Wildman–Crippen MR) is 126 cm³/mol. The number of fused-ring (bicyclic) bond motifs is 1. The molecular weight excluding hydrogens is 422 g/mol. The number of pyridine rings is 1. The zero-order valence-corrected chi connectivity index (χ0v) is 19.4. The molecule has 174 valence electrons. The smallest absolute Gasteiger partial charge is 0.278 e. The fraction of sp³-hybridized carbons (Fsp3) is 0.435. The number of aromatic amines is 1. The third-order valence-corrected chi connectivity index (χ3v) is 5.89. The lowest BCUT2D eigenvalue weighted by Crippen LogP contribution is -2.34. The van der Waals surface area contributed by atoms with Crippen LogP contribution in [0.4, 0.5) is 5.82 Å². The molecule has 0 radical (unpaired) electrons. The lowest BCUT2D eigenvalue weighted by atomic mass is 10.1. The number of aliphatic hydroxyl groups excluding tert-OH is 1. The van der Waals surface area contributed by atoms with E-state index in [0.29, 0.717) is 47.2 Å². The minimum atomic E-state index is -0.377. The number of carbonyl (C=O) groups is 1. The molecule has 0 aliphatic carbocycles. The van der Waals surface area contributed by atoms with Gasteiger partial charge in [-0.3, -0.25) is 23.9 Å². The van der Waals surface area contributed by atoms with Gasteiger partial charge in [0.15, 0.2) is 0 Å². The minimum Gasteiger partial charge on any atom is -0.396 e. The molecule has 1 atom stereocenters. The molecule has 0 fully saturated rings. The number of H-pyrrole nitrogens is 1. The number of hydrogen-bond acceptors (Lipinski definition) is 5. The van der Waals surface area contributed by atoms with Gasteiger partial charge < -0.3 is 15.1 Å². The largest absolute Gasteiger partial charge is 0.396 e. The van der Waals surface area contributed by atoms with Crippen molar-refractivity contribution in [3.8, 4) is 11.3 Å². The summed E-state index contributed by atoms with van der Waals surface area (Å²) in [5, 5.41) is 16.3. The summed E-state index contributed by atoms with van der Waals surface area (Å²) in [6, 6.07) is 3.30. The number of aliphatic hydroxyl groups is 1. The molecule has 0 saturated heterocycles. The molecule has 10 heteroatoms. The summed E-state index contributed by atoms with van der Waals surface area (Å²) < 4.78 is 3.16. The molecule has 3 aromatic heterocycles. The summed E-state index contributed by atoms with van der Waals surface area (Å²) in [5.74, 6) is 1.54. The Balaban J connectivity index is 1.65. The van der Waals surface area contributed by atoms with Crippen LogP contribution in [0.25, 0.3) is 11.3 Å². The first-order chi connectivity index (χ1) is 15.8. The standard InChI is InChI=1S/C23H29N7O3/c1-14(6-5-7-31)13-30-20(10-17-11-24-28(3)22(17)30)27-21(32)16-8-15(2)26-19(9-16)18-12-25-29(4)23(18)33/h8-9,11-12,14,25,31H,5-7,10,13H2,1-4H3/t14-/m1/s1. The first-order valence-corrected chi connectivity index (χ1v) is 11.0. The van der Waals surface area contributed by atoms with Gasteiger partial charge in [0.1, 0.15) is 11.7 Å². The fourth-order valence-corrected chi connectivity index (χ4v) is 4.23. The average Bonchev–Trinajstić information content (AvgIpc) is 3.42. The maximum atomic E-state index is 13.2. The average molecular weight is 452 g/mol. The summed E-state index contributed by atoms with van der Waals surface area (Å²) in [5.41, 5.74) is 2.68.